The van der Waals surface area contributed by atoms with Gasteiger partial charge in [0.25, 0.3) is 0 Å². The summed E-state index contributed by atoms with van der Waals surface area (Å²) in [6, 6.07) is 2.79. The molecule has 2 aromatic rings. The van der Waals surface area contributed by atoms with E-state index in [-0.39, 0.29) is 11.3 Å². The summed E-state index contributed by atoms with van der Waals surface area (Å²) in [5, 5.41) is 3.55. The van der Waals surface area contributed by atoms with Gasteiger partial charge < -0.3 is 9.73 Å². The van der Waals surface area contributed by atoms with Gasteiger partial charge in [0.1, 0.15) is 5.58 Å². The van der Waals surface area contributed by atoms with E-state index in [2.05, 4.69) is 12.2 Å². The third-order valence-corrected chi connectivity index (χ3v) is 3.84. The third-order valence-electron chi connectivity index (χ3n) is 3.84. The lowest BCUT2D eigenvalue weighted by Gasteiger charge is -2.29. The summed E-state index contributed by atoms with van der Waals surface area (Å²) in [7, 11) is 0. The highest BCUT2D eigenvalue weighted by atomic mass is 19.2. The predicted octanol–water partition coefficient (Wildman–Crippen LogP) is 3.42. The van der Waals surface area contributed by atoms with Gasteiger partial charge in [0.2, 0.25) is 0 Å². The van der Waals surface area contributed by atoms with Crippen LogP contribution in [0.15, 0.2) is 22.8 Å². The fraction of sp³-hybridized carbons (Fsp3) is 0.429. The maximum Gasteiger partial charge on any atom is 0.169 e. The minimum Gasteiger partial charge on any atom is -0.464 e. The van der Waals surface area contributed by atoms with Crippen molar-refractivity contribution in [2.45, 2.75) is 19.3 Å². The number of rotatable bonds is 1. The molecule has 2 heterocycles. The minimum atomic E-state index is -0.816. The summed E-state index contributed by atoms with van der Waals surface area (Å²) < 4.78 is 32.6. The zero-order valence-corrected chi connectivity index (χ0v) is 10.2. The minimum absolute atomic E-state index is 0.218. The predicted molar refractivity (Wildman–Crippen MR) is 65.5 cm³/mol. The first-order valence-corrected chi connectivity index (χ1v) is 6.24. The first kappa shape index (κ1) is 11.7. The zero-order chi connectivity index (χ0) is 12.7. The number of nitrogens with one attached hydrogen (secondary N) is 1. The smallest absolute Gasteiger partial charge is 0.169 e. The Morgan fingerprint density at radius 3 is 3.00 bits per heavy atom. The van der Waals surface area contributed by atoms with Gasteiger partial charge in [-0.15, -0.1) is 0 Å². The molecule has 2 nitrogen and oxygen atoms in total. The van der Waals surface area contributed by atoms with Crippen LogP contribution >= 0.6 is 0 Å². The molecule has 2 atom stereocenters. The van der Waals surface area contributed by atoms with Gasteiger partial charge in [-0.05, 0) is 43.5 Å². The molecule has 1 fully saturated rings. The summed E-state index contributed by atoms with van der Waals surface area (Å²) >= 11 is 0. The highest BCUT2D eigenvalue weighted by Crippen LogP contribution is 2.36. The third kappa shape index (κ3) is 1.72. The molecule has 96 valence electrons. The molecule has 0 radical (unpaired) electrons. The van der Waals surface area contributed by atoms with E-state index < -0.39 is 11.6 Å². The Balaban J connectivity index is 2.16. The van der Waals surface area contributed by atoms with E-state index in [4.69, 9.17) is 4.42 Å². The summed E-state index contributed by atoms with van der Waals surface area (Å²) in [5.41, 5.74) is 1.29. The molecular formula is C14H15F2NO. The van der Waals surface area contributed by atoms with Gasteiger partial charge >= 0.3 is 0 Å². The van der Waals surface area contributed by atoms with E-state index in [9.17, 15) is 8.78 Å². The molecule has 1 aromatic carbocycles. The van der Waals surface area contributed by atoms with E-state index >= 15 is 0 Å². The SMILES string of the molecule is C[C@@H]1CNCC[C@@H]1c1cc(F)c(F)c2ccoc12. The Hall–Kier alpha value is -1.42. The number of benzene rings is 1. The van der Waals surface area contributed by atoms with Crippen molar-refractivity contribution in [1.29, 1.82) is 0 Å². The van der Waals surface area contributed by atoms with Crippen LogP contribution in [-0.2, 0) is 0 Å². The maximum absolute atomic E-state index is 13.6. The van der Waals surface area contributed by atoms with Crippen LogP contribution in [0.5, 0.6) is 0 Å². The van der Waals surface area contributed by atoms with Crippen molar-refractivity contribution < 1.29 is 13.2 Å². The molecule has 0 unspecified atom stereocenters. The first-order valence-electron chi connectivity index (χ1n) is 6.24. The van der Waals surface area contributed by atoms with Crippen LogP contribution < -0.4 is 5.32 Å². The Labute approximate surface area is 104 Å². The molecule has 18 heavy (non-hydrogen) atoms. The lowest BCUT2D eigenvalue weighted by atomic mass is 9.81. The highest BCUT2D eigenvalue weighted by molar-refractivity contribution is 5.81. The molecule has 4 heteroatoms. The molecule has 1 aliphatic rings. The van der Waals surface area contributed by atoms with Crippen molar-refractivity contribution in [2.75, 3.05) is 13.1 Å². The molecule has 1 saturated heterocycles. The molecule has 3 rings (SSSR count). The largest absolute Gasteiger partial charge is 0.464 e. The second kappa shape index (κ2) is 4.35. The first-order chi connectivity index (χ1) is 8.68. The van der Waals surface area contributed by atoms with Crippen molar-refractivity contribution in [3.8, 4) is 0 Å². The maximum atomic E-state index is 13.6. The lowest BCUT2D eigenvalue weighted by molar-refractivity contribution is 0.347. The molecule has 1 N–H and O–H groups in total. The Morgan fingerprint density at radius 2 is 2.22 bits per heavy atom. The average molecular weight is 251 g/mol. The molecule has 0 saturated carbocycles. The van der Waals surface area contributed by atoms with Crippen LogP contribution in [-0.4, -0.2) is 13.1 Å². The molecule has 0 spiro atoms. The number of halogens is 2. The van der Waals surface area contributed by atoms with Crippen molar-refractivity contribution in [3.05, 3.63) is 35.6 Å². The van der Waals surface area contributed by atoms with Crippen LogP contribution in [0.3, 0.4) is 0 Å². The highest BCUT2D eigenvalue weighted by Gasteiger charge is 2.27. The molecule has 1 aliphatic heterocycles. The van der Waals surface area contributed by atoms with Gasteiger partial charge in [0.05, 0.1) is 11.6 Å². The van der Waals surface area contributed by atoms with Gasteiger partial charge in [-0.2, -0.15) is 0 Å². The number of piperidine rings is 1. The van der Waals surface area contributed by atoms with Crippen LogP contribution in [0.2, 0.25) is 0 Å². The number of fused-ring (bicyclic) bond motifs is 1. The monoisotopic (exact) mass is 251 g/mol. The molecule has 1 aromatic heterocycles. The van der Waals surface area contributed by atoms with Crippen molar-refractivity contribution in [3.63, 3.8) is 0 Å². The lowest BCUT2D eigenvalue weighted by Crippen LogP contribution is -2.33. The summed E-state index contributed by atoms with van der Waals surface area (Å²) in [6.07, 6.45) is 2.34. The van der Waals surface area contributed by atoms with Gasteiger partial charge in [0, 0.05) is 5.56 Å². The van der Waals surface area contributed by atoms with E-state index in [1.807, 2.05) is 0 Å². The van der Waals surface area contributed by atoms with Gasteiger partial charge in [-0.25, -0.2) is 8.78 Å². The normalized spacial score (nSPS) is 24.6. The van der Waals surface area contributed by atoms with E-state index in [1.165, 1.54) is 18.4 Å². The van der Waals surface area contributed by atoms with Crippen molar-refractivity contribution in [1.82, 2.24) is 5.32 Å². The zero-order valence-electron chi connectivity index (χ0n) is 10.2. The molecule has 0 amide bonds. The standard InChI is InChI=1S/C14H15F2NO/c1-8-7-17-4-2-9(8)11-6-12(15)13(16)10-3-5-18-14(10)11/h3,5-6,8-9,17H,2,4,7H2,1H3/t8-,9+/m1/s1. The quantitative estimate of drug-likeness (QED) is 0.840. The van der Waals surface area contributed by atoms with Crippen molar-refractivity contribution >= 4 is 11.0 Å². The number of furan rings is 1. The van der Waals surface area contributed by atoms with E-state index in [1.54, 1.807) is 0 Å². The topological polar surface area (TPSA) is 25.2 Å². The molecule has 0 aliphatic carbocycles. The second-order valence-corrected chi connectivity index (χ2v) is 5.00. The number of hydrogen-bond donors (Lipinski definition) is 1. The van der Waals surface area contributed by atoms with E-state index in [0.29, 0.717) is 11.5 Å². The Kier molecular flexibility index (Phi) is 2.82. The second-order valence-electron chi connectivity index (χ2n) is 5.00. The fourth-order valence-electron chi connectivity index (χ4n) is 2.85. The van der Waals surface area contributed by atoms with Crippen LogP contribution in [0.4, 0.5) is 8.78 Å². The van der Waals surface area contributed by atoms with Crippen molar-refractivity contribution in [2.24, 2.45) is 5.92 Å². The summed E-state index contributed by atoms with van der Waals surface area (Å²) in [4.78, 5) is 0. The van der Waals surface area contributed by atoms with Crippen LogP contribution in [0.1, 0.15) is 24.8 Å². The summed E-state index contributed by atoms with van der Waals surface area (Å²) in [6.45, 7) is 3.91. The number of hydrogen-bond acceptors (Lipinski definition) is 2. The van der Waals surface area contributed by atoms with Gasteiger partial charge in [-0.3, -0.25) is 0 Å². The molecule has 0 bridgehead atoms. The fourth-order valence-corrected chi connectivity index (χ4v) is 2.85. The van der Waals surface area contributed by atoms with E-state index in [0.717, 1.165) is 25.1 Å². The average Bonchev–Trinajstić information content (AvgIpc) is 2.84. The Bertz CT molecular complexity index is 578. The van der Waals surface area contributed by atoms with Gasteiger partial charge in [0.15, 0.2) is 11.6 Å². The van der Waals surface area contributed by atoms with Gasteiger partial charge in [-0.1, -0.05) is 6.92 Å². The summed E-state index contributed by atoms with van der Waals surface area (Å²) in [5.74, 6) is -0.999. The van der Waals surface area contributed by atoms with Crippen LogP contribution in [0.25, 0.3) is 11.0 Å². The Morgan fingerprint density at radius 1 is 1.39 bits per heavy atom. The van der Waals surface area contributed by atoms with Crippen LogP contribution in [0, 0.1) is 17.6 Å². The molecular weight excluding hydrogens is 236 g/mol.